The van der Waals surface area contributed by atoms with Crippen LogP contribution in [0.25, 0.3) is 0 Å². The highest BCUT2D eigenvalue weighted by Gasteiger charge is 2.32. The molecule has 2 rings (SSSR count). The topological polar surface area (TPSA) is 118 Å². The number of amidine groups is 1. The standard InChI is InChI=1S/C18H16F3N7O/c1-11(15(26-10-23)27-17-24-4-3-5-25-17)28(2)16(29)13-6-12(9-22)7-14(8-13)18(19,20)21/h3-8,10-11H,1-2H3,(H2,23,24,25,26,27). The number of benzene rings is 1. The van der Waals surface area contributed by atoms with Crippen LogP contribution in [0.4, 0.5) is 19.1 Å². The Hall–Kier alpha value is -3.81. The lowest BCUT2D eigenvalue weighted by atomic mass is 10.0. The van der Waals surface area contributed by atoms with Crippen molar-refractivity contribution in [3.8, 4) is 6.07 Å². The molecule has 11 heteroatoms. The number of rotatable bonds is 5. The normalized spacial score (nSPS) is 12.6. The van der Waals surface area contributed by atoms with Gasteiger partial charge in [-0.1, -0.05) is 0 Å². The van der Waals surface area contributed by atoms with Crippen LogP contribution < -0.4 is 5.32 Å². The first-order chi connectivity index (χ1) is 13.7. The average molecular weight is 403 g/mol. The van der Waals surface area contributed by atoms with Crippen molar-refractivity contribution in [2.75, 3.05) is 12.4 Å². The van der Waals surface area contributed by atoms with E-state index in [1.54, 1.807) is 19.1 Å². The second-order valence-corrected chi connectivity index (χ2v) is 5.84. The van der Waals surface area contributed by atoms with Crippen LogP contribution in [0.3, 0.4) is 0 Å². The molecule has 1 amide bonds. The van der Waals surface area contributed by atoms with Crippen LogP contribution in [0, 0.1) is 16.7 Å². The fourth-order valence-electron chi connectivity index (χ4n) is 2.33. The minimum atomic E-state index is -4.70. The molecular weight excluding hydrogens is 387 g/mol. The smallest absolute Gasteiger partial charge is 0.332 e. The van der Waals surface area contributed by atoms with Crippen LogP contribution in [0.1, 0.15) is 28.4 Å². The van der Waals surface area contributed by atoms with Gasteiger partial charge in [0, 0.05) is 25.0 Å². The van der Waals surface area contributed by atoms with E-state index in [2.05, 4.69) is 20.3 Å². The summed E-state index contributed by atoms with van der Waals surface area (Å²) in [5.41, 5.74) is -1.67. The van der Waals surface area contributed by atoms with Gasteiger partial charge in [-0.25, -0.2) is 15.0 Å². The van der Waals surface area contributed by atoms with Gasteiger partial charge in [-0.05, 0) is 31.2 Å². The van der Waals surface area contributed by atoms with E-state index in [0.717, 1.165) is 17.3 Å². The molecule has 0 aliphatic heterocycles. The number of halogens is 3. The van der Waals surface area contributed by atoms with Crippen molar-refractivity contribution >= 4 is 24.0 Å². The van der Waals surface area contributed by atoms with Crippen molar-refractivity contribution in [3.63, 3.8) is 0 Å². The SMILES string of the molecule is CC(/C(=N/C=N)Nc1ncccn1)N(C)C(=O)c1cc(C#N)cc(C(F)(F)F)c1. The minimum absolute atomic E-state index is 0.134. The van der Waals surface area contributed by atoms with Crippen LogP contribution in [0.2, 0.25) is 0 Å². The summed E-state index contributed by atoms with van der Waals surface area (Å²) in [5, 5.41) is 19.0. The highest BCUT2D eigenvalue weighted by atomic mass is 19.4. The second-order valence-electron chi connectivity index (χ2n) is 5.84. The minimum Gasteiger partial charge on any atom is -0.332 e. The number of aliphatic imine (C=N–C) groups is 1. The molecule has 0 bridgehead atoms. The number of carbonyl (C=O) groups is 1. The molecular formula is C18H16F3N7O. The first kappa shape index (κ1) is 21.5. The maximum Gasteiger partial charge on any atom is 0.416 e. The van der Waals surface area contributed by atoms with E-state index < -0.39 is 23.7 Å². The summed E-state index contributed by atoms with van der Waals surface area (Å²) in [4.78, 5) is 25.7. The Morgan fingerprint density at radius 1 is 1.34 bits per heavy atom. The Balaban J connectivity index is 2.33. The number of hydrogen-bond acceptors (Lipinski definition) is 5. The van der Waals surface area contributed by atoms with Gasteiger partial charge < -0.3 is 10.2 Å². The molecule has 1 atom stereocenters. The number of amides is 1. The Kier molecular flexibility index (Phi) is 6.61. The Morgan fingerprint density at radius 3 is 2.55 bits per heavy atom. The molecule has 0 aliphatic rings. The zero-order valence-corrected chi connectivity index (χ0v) is 15.4. The van der Waals surface area contributed by atoms with E-state index in [0.29, 0.717) is 12.1 Å². The second kappa shape index (κ2) is 8.92. The molecule has 8 nitrogen and oxygen atoms in total. The molecule has 0 spiro atoms. The van der Waals surface area contributed by atoms with Gasteiger partial charge in [-0.2, -0.15) is 18.4 Å². The van der Waals surface area contributed by atoms with Gasteiger partial charge >= 0.3 is 6.18 Å². The highest BCUT2D eigenvalue weighted by Crippen LogP contribution is 2.31. The molecule has 0 aliphatic carbocycles. The third kappa shape index (κ3) is 5.35. The van der Waals surface area contributed by atoms with E-state index in [-0.39, 0.29) is 22.9 Å². The number of nitriles is 1. The van der Waals surface area contributed by atoms with Gasteiger partial charge in [0.05, 0.1) is 23.2 Å². The van der Waals surface area contributed by atoms with Gasteiger partial charge in [0.15, 0.2) is 0 Å². The first-order valence-corrected chi connectivity index (χ1v) is 8.17. The Bertz CT molecular complexity index is 968. The average Bonchev–Trinajstić information content (AvgIpc) is 2.71. The van der Waals surface area contributed by atoms with Gasteiger partial charge in [0.25, 0.3) is 5.91 Å². The van der Waals surface area contributed by atoms with E-state index in [1.165, 1.54) is 19.4 Å². The zero-order valence-electron chi connectivity index (χ0n) is 15.4. The van der Waals surface area contributed by atoms with Crippen molar-refractivity contribution in [1.29, 1.82) is 10.7 Å². The molecule has 150 valence electrons. The number of likely N-dealkylation sites (N-methyl/N-ethyl adjacent to an activating group) is 1. The number of alkyl halides is 3. The number of anilines is 1. The Morgan fingerprint density at radius 2 is 2.00 bits per heavy atom. The third-order valence-electron chi connectivity index (χ3n) is 3.94. The van der Waals surface area contributed by atoms with Gasteiger partial charge in [0.1, 0.15) is 12.2 Å². The van der Waals surface area contributed by atoms with E-state index >= 15 is 0 Å². The number of nitrogens with zero attached hydrogens (tertiary/aromatic N) is 5. The van der Waals surface area contributed by atoms with E-state index in [4.69, 9.17) is 10.7 Å². The van der Waals surface area contributed by atoms with Gasteiger partial charge in [-0.15, -0.1) is 0 Å². The number of hydrogen-bond donors (Lipinski definition) is 2. The van der Waals surface area contributed by atoms with Crippen LogP contribution in [-0.2, 0) is 6.18 Å². The van der Waals surface area contributed by atoms with Crippen LogP contribution in [-0.4, -0.2) is 46.0 Å². The van der Waals surface area contributed by atoms with Crippen molar-refractivity contribution < 1.29 is 18.0 Å². The van der Waals surface area contributed by atoms with Crippen LogP contribution >= 0.6 is 0 Å². The third-order valence-corrected chi connectivity index (χ3v) is 3.94. The predicted molar refractivity (Wildman–Crippen MR) is 99.6 cm³/mol. The molecule has 0 fully saturated rings. The van der Waals surface area contributed by atoms with E-state index in [9.17, 15) is 18.0 Å². The lowest BCUT2D eigenvalue weighted by Crippen LogP contribution is -2.43. The van der Waals surface area contributed by atoms with Crippen molar-refractivity contribution in [2.45, 2.75) is 19.1 Å². The molecule has 0 saturated heterocycles. The van der Waals surface area contributed by atoms with Gasteiger partial charge in [0.2, 0.25) is 5.95 Å². The first-order valence-electron chi connectivity index (χ1n) is 8.17. The maximum atomic E-state index is 13.1. The van der Waals surface area contributed by atoms with Crippen molar-refractivity contribution in [1.82, 2.24) is 14.9 Å². The quantitative estimate of drug-likeness (QED) is 0.588. The lowest BCUT2D eigenvalue weighted by molar-refractivity contribution is -0.137. The Labute approximate surface area is 164 Å². The fraction of sp³-hybridized carbons (Fsp3) is 0.222. The molecule has 1 aromatic heterocycles. The van der Waals surface area contributed by atoms with Crippen molar-refractivity contribution in [2.24, 2.45) is 4.99 Å². The summed E-state index contributed by atoms with van der Waals surface area (Å²) >= 11 is 0. The maximum absolute atomic E-state index is 13.1. The fourth-order valence-corrected chi connectivity index (χ4v) is 2.33. The summed E-state index contributed by atoms with van der Waals surface area (Å²) < 4.78 is 39.2. The monoisotopic (exact) mass is 403 g/mol. The molecule has 2 N–H and O–H groups in total. The molecule has 1 heterocycles. The predicted octanol–water partition coefficient (Wildman–Crippen LogP) is 2.95. The summed E-state index contributed by atoms with van der Waals surface area (Å²) in [6, 6.07) is 4.90. The molecule has 1 aromatic carbocycles. The van der Waals surface area contributed by atoms with Gasteiger partial charge in [-0.3, -0.25) is 10.2 Å². The lowest BCUT2D eigenvalue weighted by Gasteiger charge is -2.26. The van der Waals surface area contributed by atoms with Crippen LogP contribution in [0.5, 0.6) is 0 Å². The highest BCUT2D eigenvalue weighted by molar-refractivity contribution is 6.05. The summed E-state index contributed by atoms with van der Waals surface area (Å²) in [7, 11) is 1.37. The molecule has 2 aromatic rings. The number of carbonyl (C=O) groups excluding carboxylic acids is 1. The molecule has 1 unspecified atom stereocenters. The number of nitrogens with one attached hydrogen (secondary N) is 2. The largest absolute Gasteiger partial charge is 0.416 e. The van der Waals surface area contributed by atoms with Crippen LogP contribution in [0.15, 0.2) is 41.7 Å². The summed E-state index contributed by atoms with van der Waals surface area (Å²) in [6.45, 7) is 1.56. The van der Waals surface area contributed by atoms with Crippen molar-refractivity contribution in [3.05, 3.63) is 53.3 Å². The molecule has 0 radical (unpaired) electrons. The number of aromatic nitrogens is 2. The summed E-state index contributed by atoms with van der Waals surface area (Å²) in [5.74, 6) is -0.449. The zero-order chi connectivity index (χ0) is 21.6. The van der Waals surface area contributed by atoms with E-state index in [1.807, 2.05) is 0 Å². The summed E-state index contributed by atoms with van der Waals surface area (Å²) in [6.07, 6.45) is -1.00. The molecule has 0 saturated carbocycles. The molecule has 29 heavy (non-hydrogen) atoms.